The zero-order valence-electron chi connectivity index (χ0n) is 14.1. The number of sulfone groups is 2. The molecule has 25 heavy (non-hydrogen) atoms. The minimum Gasteiger partial charge on any atom is -0.464 e. The number of esters is 1. The molecular weight excluding hydrogens is 394 g/mol. The molecule has 1 unspecified atom stereocenters. The van der Waals surface area contributed by atoms with Crippen LogP contribution in [0.1, 0.15) is 24.2 Å². The Bertz CT molecular complexity index is 820. The SMILES string of the molecule is CCCOC(=O)C(c1cc(SOOC)nc(S(C)(=O)=O)c1)S(C)(=O)=O. The Hall–Kier alpha value is -1.21. The summed E-state index contributed by atoms with van der Waals surface area (Å²) in [7, 11) is -6.46. The number of carbonyl (C=O) groups is 1. The van der Waals surface area contributed by atoms with Gasteiger partial charge in [0.15, 0.2) is 30.0 Å². The largest absolute Gasteiger partial charge is 0.464 e. The van der Waals surface area contributed by atoms with Gasteiger partial charge in [-0.2, -0.15) is 4.33 Å². The van der Waals surface area contributed by atoms with Crippen molar-refractivity contribution in [1.29, 1.82) is 0 Å². The average molecular weight is 413 g/mol. The molecule has 0 aliphatic rings. The summed E-state index contributed by atoms with van der Waals surface area (Å²) < 4.78 is 57.4. The zero-order valence-corrected chi connectivity index (χ0v) is 16.5. The second-order valence-corrected chi connectivity index (χ2v) is 9.86. The van der Waals surface area contributed by atoms with Crippen LogP contribution in [0.15, 0.2) is 22.2 Å². The average Bonchev–Trinajstić information content (AvgIpc) is 2.48. The van der Waals surface area contributed by atoms with E-state index in [0.717, 1.165) is 18.6 Å². The molecule has 1 atom stereocenters. The molecule has 1 aromatic rings. The van der Waals surface area contributed by atoms with Crippen LogP contribution in [0.5, 0.6) is 0 Å². The van der Waals surface area contributed by atoms with Crippen LogP contribution in [0.2, 0.25) is 0 Å². The molecule has 0 aliphatic carbocycles. The molecule has 0 N–H and O–H groups in total. The Labute approximate surface area is 151 Å². The molecule has 0 spiro atoms. The monoisotopic (exact) mass is 413 g/mol. The molecular formula is C13H19NO8S3. The van der Waals surface area contributed by atoms with Gasteiger partial charge >= 0.3 is 5.97 Å². The third-order valence-corrected chi connectivity index (χ3v) is 5.64. The number of ether oxygens (including phenoxy) is 1. The summed E-state index contributed by atoms with van der Waals surface area (Å²) in [6, 6.07) is 2.27. The highest BCUT2D eigenvalue weighted by molar-refractivity contribution is 7.94. The first kappa shape index (κ1) is 21.8. The Morgan fingerprint density at radius 3 is 2.36 bits per heavy atom. The van der Waals surface area contributed by atoms with E-state index in [-0.39, 0.29) is 17.2 Å². The van der Waals surface area contributed by atoms with E-state index in [1.807, 2.05) is 0 Å². The van der Waals surface area contributed by atoms with Crippen molar-refractivity contribution in [3.8, 4) is 0 Å². The summed E-state index contributed by atoms with van der Waals surface area (Å²) in [5, 5.41) is -2.06. The number of nitrogens with zero attached hydrogens (tertiary/aromatic N) is 1. The van der Waals surface area contributed by atoms with Gasteiger partial charge in [0.25, 0.3) is 0 Å². The van der Waals surface area contributed by atoms with Crippen LogP contribution in [0.25, 0.3) is 0 Å². The Balaban J connectivity index is 3.49. The standard InChI is InChI=1S/C13H19NO8S3/c1-5-6-21-13(15)12(25(4,18)19)9-7-10(23-22-20-2)14-11(8-9)24(3,16)17/h7-8,12H,5-6H2,1-4H3. The number of hydrogen-bond acceptors (Lipinski definition) is 10. The maximum Gasteiger partial charge on any atom is 0.328 e. The first-order valence-electron chi connectivity index (χ1n) is 6.95. The normalized spacial score (nSPS) is 13.4. The molecule has 1 aromatic heterocycles. The molecule has 1 rings (SSSR count). The summed E-state index contributed by atoms with van der Waals surface area (Å²) in [5.41, 5.74) is -0.0822. The Morgan fingerprint density at radius 1 is 1.24 bits per heavy atom. The highest BCUT2D eigenvalue weighted by Gasteiger charge is 2.34. The molecule has 9 nitrogen and oxygen atoms in total. The maximum atomic E-state index is 12.2. The van der Waals surface area contributed by atoms with Crippen molar-refractivity contribution in [2.24, 2.45) is 0 Å². The molecule has 0 amide bonds. The van der Waals surface area contributed by atoms with Gasteiger partial charge in [0, 0.05) is 12.5 Å². The predicted molar refractivity (Wildman–Crippen MR) is 90.1 cm³/mol. The van der Waals surface area contributed by atoms with Gasteiger partial charge in [-0.15, -0.1) is 0 Å². The lowest BCUT2D eigenvalue weighted by Gasteiger charge is -2.16. The third-order valence-electron chi connectivity index (χ3n) is 2.76. The van der Waals surface area contributed by atoms with E-state index in [0.29, 0.717) is 18.5 Å². The fourth-order valence-electron chi connectivity index (χ4n) is 1.79. The maximum absolute atomic E-state index is 12.2. The molecule has 12 heteroatoms. The van der Waals surface area contributed by atoms with Crippen molar-refractivity contribution in [3.05, 3.63) is 17.7 Å². The number of carbonyl (C=O) groups excluding carboxylic acids is 1. The van der Waals surface area contributed by atoms with E-state index in [9.17, 15) is 21.6 Å². The minimum absolute atomic E-state index is 0.0108. The van der Waals surface area contributed by atoms with Crippen LogP contribution in [-0.4, -0.2) is 54.0 Å². The van der Waals surface area contributed by atoms with Gasteiger partial charge in [0.1, 0.15) is 5.03 Å². The molecule has 0 saturated carbocycles. The van der Waals surface area contributed by atoms with E-state index in [1.165, 1.54) is 13.2 Å². The fourth-order valence-corrected chi connectivity index (χ4v) is 3.97. The third kappa shape index (κ3) is 6.55. The van der Waals surface area contributed by atoms with Gasteiger partial charge in [-0.3, -0.25) is 4.79 Å². The molecule has 142 valence electrons. The van der Waals surface area contributed by atoms with Crippen molar-refractivity contribution in [3.63, 3.8) is 0 Å². The lowest BCUT2D eigenvalue weighted by Crippen LogP contribution is -2.24. The van der Waals surface area contributed by atoms with Gasteiger partial charge in [-0.25, -0.2) is 26.7 Å². The van der Waals surface area contributed by atoms with Crippen LogP contribution < -0.4 is 0 Å². The second kappa shape index (κ2) is 8.94. The van der Waals surface area contributed by atoms with Crippen LogP contribution in [0.3, 0.4) is 0 Å². The molecule has 0 bridgehead atoms. The lowest BCUT2D eigenvalue weighted by atomic mass is 10.2. The molecule has 0 aliphatic heterocycles. The summed E-state index contributed by atoms with van der Waals surface area (Å²) in [6.45, 7) is 1.80. The van der Waals surface area contributed by atoms with Crippen LogP contribution in [0, 0.1) is 0 Å². The first-order valence-corrected chi connectivity index (χ1v) is 11.5. The Morgan fingerprint density at radius 2 is 1.88 bits per heavy atom. The molecule has 0 aromatic carbocycles. The molecule has 0 radical (unpaired) electrons. The summed E-state index contributed by atoms with van der Waals surface area (Å²) in [5.74, 6) is -0.987. The number of hydrogen-bond donors (Lipinski definition) is 0. The lowest BCUT2D eigenvalue weighted by molar-refractivity contribution is -0.160. The summed E-state index contributed by atoms with van der Waals surface area (Å²) >= 11 is 0.578. The van der Waals surface area contributed by atoms with Crippen molar-refractivity contribution in [1.82, 2.24) is 4.98 Å². The predicted octanol–water partition coefficient (Wildman–Crippen LogP) is 1.11. The van der Waals surface area contributed by atoms with Gasteiger partial charge in [-0.05, 0) is 24.1 Å². The topological polar surface area (TPSA) is 126 Å². The van der Waals surface area contributed by atoms with Gasteiger partial charge in [0.2, 0.25) is 0 Å². The van der Waals surface area contributed by atoms with E-state index in [1.54, 1.807) is 6.92 Å². The number of aromatic nitrogens is 1. The van der Waals surface area contributed by atoms with Crippen LogP contribution in [-0.2, 0) is 38.4 Å². The Kier molecular flexibility index (Phi) is 7.81. The minimum atomic E-state index is -3.93. The van der Waals surface area contributed by atoms with Crippen LogP contribution >= 0.6 is 12.0 Å². The highest BCUT2D eigenvalue weighted by atomic mass is 32.2. The second-order valence-electron chi connectivity index (χ2n) is 5.04. The molecule has 0 fully saturated rings. The smallest absolute Gasteiger partial charge is 0.328 e. The van der Waals surface area contributed by atoms with Crippen LogP contribution in [0.4, 0.5) is 0 Å². The van der Waals surface area contributed by atoms with Gasteiger partial charge < -0.3 is 4.74 Å². The van der Waals surface area contributed by atoms with Crippen molar-refractivity contribution in [2.75, 3.05) is 26.2 Å². The number of rotatable bonds is 9. The van der Waals surface area contributed by atoms with E-state index < -0.39 is 35.9 Å². The number of pyridine rings is 1. The van der Waals surface area contributed by atoms with E-state index >= 15 is 0 Å². The first-order chi connectivity index (χ1) is 11.5. The van der Waals surface area contributed by atoms with Crippen molar-refractivity contribution < 1.29 is 35.6 Å². The summed E-state index contributed by atoms with van der Waals surface area (Å²) in [4.78, 5) is 20.5. The van der Waals surface area contributed by atoms with Crippen molar-refractivity contribution in [2.45, 2.75) is 28.6 Å². The molecule has 1 heterocycles. The fraction of sp³-hybridized carbons (Fsp3) is 0.538. The van der Waals surface area contributed by atoms with Gasteiger partial charge in [0.05, 0.1) is 25.8 Å². The van der Waals surface area contributed by atoms with E-state index in [4.69, 9.17) is 4.74 Å². The zero-order chi connectivity index (χ0) is 19.3. The summed E-state index contributed by atoms with van der Waals surface area (Å²) in [6.07, 6.45) is 2.29. The molecule has 0 saturated heterocycles. The van der Waals surface area contributed by atoms with Gasteiger partial charge in [-0.1, -0.05) is 6.92 Å². The highest BCUT2D eigenvalue weighted by Crippen LogP contribution is 2.29. The van der Waals surface area contributed by atoms with E-state index in [2.05, 4.69) is 14.2 Å². The quantitative estimate of drug-likeness (QED) is 0.251. The van der Waals surface area contributed by atoms with Crippen molar-refractivity contribution >= 4 is 37.7 Å².